The number of nitrogens with zero attached hydrogens (tertiary/aromatic N) is 3. The van der Waals surface area contributed by atoms with E-state index in [4.69, 9.17) is 5.26 Å². The smallest absolute Gasteiger partial charge is 0.137 e. The maximum atomic E-state index is 9.05. The Labute approximate surface area is 146 Å². The Morgan fingerprint density at radius 3 is 2.75 bits per heavy atom. The highest BCUT2D eigenvalue weighted by Gasteiger charge is 2.08. The van der Waals surface area contributed by atoms with Gasteiger partial charge in [0.1, 0.15) is 11.7 Å². The highest BCUT2D eigenvalue weighted by Crippen LogP contribution is 2.21. The Kier molecular flexibility index (Phi) is 5.19. The number of imidazole rings is 1. The molecule has 0 amide bonds. The second-order valence-electron chi connectivity index (χ2n) is 5.61. The third-order valence-corrected chi connectivity index (χ3v) is 4.89. The van der Waals surface area contributed by atoms with Crippen LogP contribution in [0.4, 0.5) is 0 Å². The van der Waals surface area contributed by atoms with E-state index in [2.05, 4.69) is 54.5 Å². The summed E-state index contributed by atoms with van der Waals surface area (Å²) in [6.07, 6.45) is 3.69. The summed E-state index contributed by atoms with van der Waals surface area (Å²) in [5.74, 6) is 1.09. The summed E-state index contributed by atoms with van der Waals surface area (Å²) in [5, 5.41) is 12.6. The van der Waals surface area contributed by atoms with Gasteiger partial charge in [0.2, 0.25) is 0 Å². The summed E-state index contributed by atoms with van der Waals surface area (Å²) in [7, 11) is 0. The van der Waals surface area contributed by atoms with Gasteiger partial charge in [-0.1, -0.05) is 19.1 Å². The van der Waals surface area contributed by atoms with Crippen LogP contribution in [0.5, 0.6) is 0 Å². The molecule has 0 aliphatic heterocycles. The average molecular weight is 336 g/mol. The molecule has 0 fully saturated rings. The Hall–Kier alpha value is -2.29. The van der Waals surface area contributed by atoms with E-state index in [1.807, 2.05) is 34.6 Å². The molecule has 5 heteroatoms. The van der Waals surface area contributed by atoms with E-state index in [9.17, 15) is 0 Å². The Bertz CT molecular complexity index is 861. The number of rotatable bonds is 6. The molecule has 24 heavy (non-hydrogen) atoms. The van der Waals surface area contributed by atoms with Crippen molar-refractivity contribution in [3.63, 3.8) is 0 Å². The van der Waals surface area contributed by atoms with Crippen molar-refractivity contribution in [3.05, 3.63) is 65.6 Å². The van der Waals surface area contributed by atoms with E-state index < -0.39 is 0 Å². The van der Waals surface area contributed by atoms with E-state index in [1.165, 1.54) is 10.5 Å². The molecule has 3 rings (SSSR count). The van der Waals surface area contributed by atoms with Gasteiger partial charge in [0.25, 0.3) is 0 Å². The van der Waals surface area contributed by atoms with Crippen molar-refractivity contribution >= 4 is 17.4 Å². The molecule has 0 saturated heterocycles. The summed E-state index contributed by atoms with van der Waals surface area (Å²) in [6.45, 7) is 5.02. The van der Waals surface area contributed by atoms with Crippen molar-refractivity contribution < 1.29 is 0 Å². The van der Waals surface area contributed by atoms with Crippen molar-refractivity contribution in [1.82, 2.24) is 14.7 Å². The SMILES string of the molecule is CCSc1ccc([C@H](C)NCc2cnc3ccc(C#N)cn23)cc1. The van der Waals surface area contributed by atoms with Gasteiger partial charge in [-0.2, -0.15) is 5.26 Å². The van der Waals surface area contributed by atoms with Crippen LogP contribution in [0.25, 0.3) is 5.65 Å². The topological polar surface area (TPSA) is 53.1 Å². The van der Waals surface area contributed by atoms with Crippen molar-refractivity contribution in [2.75, 3.05) is 5.75 Å². The number of nitrogens with one attached hydrogen (secondary N) is 1. The molecule has 4 nitrogen and oxygen atoms in total. The molecule has 0 unspecified atom stereocenters. The predicted molar refractivity (Wildman–Crippen MR) is 98.0 cm³/mol. The van der Waals surface area contributed by atoms with Crippen LogP contribution in [-0.4, -0.2) is 15.1 Å². The van der Waals surface area contributed by atoms with Gasteiger partial charge in [-0.05, 0) is 42.5 Å². The van der Waals surface area contributed by atoms with Crippen LogP contribution in [0.3, 0.4) is 0 Å². The lowest BCUT2D eigenvalue weighted by Crippen LogP contribution is -2.19. The molecule has 0 bridgehead atoms. The molecule has 0 radical (unpaired) electrons. The molecule has 1 N–H and O–H groups in total. The van der Waals surface area contributed by atoms with E-state index in [1.54, 1.807) is 6.07 Å². The molecular formula is C19H20N4S. The summed E-state index contributed by atoms with van der Waals surface area (Å²) < 4.78 is 1.97. The Morgan fingerprint density at radius 1 is 1.25 bits per heavy atom. The Morgan fingerprint density at radius 2 is 2.04 bits per heavy atom. The van der Waals surface area contributed by atoms with Crippen LogP contribution in [0.2, 0.25) is 0 Å². The second-order valence-corrected chi connectivity index (χ2v) is 6.95. The maximum Gasteiger partial charge on any atom is 0.137 e. The average Bonchev–Trinajstić information content (AvgIpc) is 3.02. The molecule has 3 aromatic rings. The predicted octanol–water partition coefficient (Wildman–Crippen LogP) is 4.17. The van der Waals surface area contributed by atoms with Crippen LogP contribution in [0, 0.1) is 11.3 Å². The molecular weight excluding hydrogens is 316 g/mol. The highest BCUT2D eigenvalue weighted by molar-refractivity contribution is 7.99. The monoisotopic (exact) mass is 336 g/mol. The molecule has 122 valence electrons. The largest absolute Gasteiger partial charge is 0.305 e. The van der Waals surface area contributed by atoms with Crippen LogP contribution < -0.4 is 5.32 Å². The zero-order chi connectivity index (χ0) is 16.9. The fraction of sp³-hybridized carbons (Fsp3) is 0.263. The number of nitriles is 1. The van der Waals surface area contributed by atoms with E-state index in [0.717, 1.165) is 17.1 Å². The van der Waals surface area contributed by atoms with E-state index >= 15 is 0 Å². The second kappa shape index (κ2) is 7.52. The molecule has 0 spiro atoms. The van der Waals surface area contributed by atoms with Gasteiger partial charge < -0.3 is 9.72 Å². The first-order chi connectivity index (χ1) is 11.7. The van der Waals surface area contributed by atoms with Crippen molar-refractivity contribution in [3.8, 4) is 6.07 Å². The molecule has 2 aromatic heterocycles. The number of hydrogen-bond acceptors (Lipinski definition) is 4. The molecule has 2 heterocycles. The Balaban J connectivity index is 1.70. The number of fused-ring (bicyclic) bond motifs is 1. The van der Waals surface area contributed by atoms with Crippen molar-refractivity contribution in [2.24, 2.45) is 0 Å². The first kappa shape index (κ1) is 16.6. The number of thioether (sulfide) groups is 1. The zero-order valence-corrected chi connectivity index (χ0v) is 14.7. The van der Waals surface area contributed by atoms with Gasteiger partial charge in [-0.25, -0.2) is 4.98 Å². The fourth-order valence-corrected chi connectivity index (χ4v) is 3.28. The van der Waals surface area contributed by atoms with Gasteiger partial charge in [0.05, 0.1) is 17.5 Å². The maximum absolute atomic E-state index is 9.05. The van der Waals surface area contributed by atoms with Gasteiger partial charge in [-0.15, -0.1) is 11.8 Å². The molecule has 0 aliphatic rings. The fourth-order valence-electron chi connectivity index (χ4n) is 2.62. The minimum absolute atomic E-state index is 0.246. The summed E-state index contributed by atoms with van der Waals surface area (Å²) >= 11 is 1.85. The normalized spacial score (nSPS) is 12.2. The minimum atomic E-state index is 0.246. The van der Waals surface area contributed by atoms with Crippen LogP contribution in [0.1, 0.15) is 36.7 Å². The lowest BCUT2D eigenvalue weighted by Gasteiger charge is -2.14. The van der Waals surface area contributed by atoms with E-state index in [0.29, 0.717) is 12.1 Å². The first-order valence-electron chi connectivity index (χ1n) is 8.03. The quantitative estimate of drug-likeness (QED) is 0.687. The zero-order valence-electron chi connectivity index (χ0n) is 13.9. The molecule has 0 saturated carbocycles. The van der Waals surface area contributed by atoms with Crippen LogP contribution in [0.15, 0.2) is 53.7 Å². The van der Waals surface area contributed by atoms with Crippen molar-refractivity contribution in [1.29, 1.82) is 5.26 Å². The third kappa shape index (κ3) is 3.61. The summed E-state index contributed by atoms with van der Waals surface area (Å²) in [5.41, 5.74) is 3.81. The van der Waals surface area contributed by atoms with Gasteiger partial charge in [-0.3, -0.25) is 0 Å². The van der Waals surface area contributed by atoms with Crippen molar-refractivity contribution in [2.45, 2.75) is 31.3 Å². The van der Waals surface area contributed by atoms with Crippen LogP contribution >= 0.6 is 11.8 Å². The molecule has 0 aliphatic carbocycles. The highest BCUT2D eigenvalue weighted by atomic mass is 32.2. The van der Waals surface area contributed by atoms with Gasteiger partial charge in [0.15, 0.2) is 0 Å². The number of pyridine rings is 1. The lowest BCUT2D eigenvalue weighted by atomic mass is 10.1. The third-order valence-electron chi connectivity index (χ3n) is 3.99. The van der Waals surface area contributed by atoms with E-state index in [-0.39, 0.29) is 6.04 Å². The lowest BCUT2D eigenvalue weighted by molar-refractivity contribution is 0.565. The molecule has 1 aromatic carbocycles. The van der Waals surface area contributed by atoms with Crippen LogP contribution in [-0.2, 0) is 6.54 Å². The standard InChI is InChI=1S/C19H20N4S/c1-3-24-18-7-5-16(6-8-18)14(2)21-11-17-12-22-19-9-4-15(10-20)13-23(17)19/h4-9,12-14,21H,3,11H2,1-2H3/t14-/m0/s1. The first-order valence-corrected chi connectivity index (χ1v) is 9.02. The summed E-state index contributed by atoms with van der Waals surface area (Å²) in [4.78, 5) is 5.69. The minimum Gasteiger partial charge on any atom is -0.305 e. The van der Waals surface area contributed by atoms with Gasteiger partial charge in [0, 0.05) is 23.7 Å². The number of benzene rings is 1. The summed E-state index contributed by atoms with van der Waals surface area (Å²) in [6, 6.07) is 14.8. The molecule has 1 atom stereocenters. The van der Waals surface area contributed by atoms with Gasteiger partial charge >= 0.3 is 0 Å². The number of hydrogen-bond donors (Lipinski definition) is 1. The number of aromatic nitrogens is 2.